The van der Waals surface area contributed by atoms with Crippen molar-refractivity contribution in [2.75, 3.05) is 25.5 Å². The SMILES string of the molecule is CCCN(CC(=O)N(Cc1ccc(F)cc1)Cc1coc2ccccc2c1=O)C(=O)Nc1ccccc1OC. The Morgan fingerprint density at radius 3 is 2.41 bits per heavy atom. The Morgan fingerprint density at radius 1 is 0.949 bits per heavy atom. The van der Waals surface area contributed by atoms with Gasteiger partial charge in [-0.3, -0.25) is 9.59 Å². The lowest BCUT2D eigenvalue weighted by atomic mass is 10.1. The summed E-state index contributed by atoms with van der Waals surface area (Å²) in [6.07, 6.45) is 1.98. The highest BCUT2D eigenvalue weighted by Gasteiger charge is 2.23. The molecule has 9 heteroatoms. The second-order valence-electron chi connectivity index (χ2n) is 9.01. The van der Waals surface area contributed by atoms with E-state index in [0.29, 0.717) is 46.5 Å². The lowest BCUT2D eigenvalue weighted by Crippen LogP contribution is -2.44. The predicted octanol–water partition coefficient (Wildman–Crippen LogP) is 5.41. The summed E-state index contributed by atoms with van der Waals surface area (Å²) >= 11 is 0. The maximum absolute atomic E-state index is 13.6. The molecule has 0 atom stereocenters. The van der Waals surface area contributed by atoms with E-state index in [1.807, 2.05) is 6.92 Å². The number of benzene rings is 3. The van der Waals surface area contributed by atoms with Gasteiger partial charge in [0.1, 0.15) is 23.7 Å². The molecule has 0 aliphatic rings. The van der Waals surface area contributed by atoms with Gasteiger partial charge in [-0.25, -0.2) is 9.18 Å². The van der Waals surface area contributed by atoms with Crippen LogP contribution in [0.25, 0.3) is 11.0 Å². The Bertz CT molecular complexity index is 1500. The minimum atomic E-state index is -0.457. The number of urea groups is 1. The third-order valence-corrected chi connectivity index (χ3v) is 6.21. The lowest BCUT2D eigenvalue weighted by molar-refractivity contribution is -0.133. The number of amides is 3. The molecule has 0 saturated carbocycles. The summed E-state index contributed by atoms with van der Waals surface area (Å²) < 4.78 is 24.5. The molecular weight excluding hydrogens is 501 g/mol. The van der Waals surface area contributed by atoms with Gasteiger partial charge in [0.15, 0.2) is 5.43 Å². The van der Waals surface area contributed by atoms with Crippen molar-refractivity contribution < 1.29 is 23.1 Å². The zero-order valence-corrected chi connectivity index (χ0v) is 21.9. The molecule has 0 aliphatic carbocycles. The number of hydrogen-bond donors (Lipinski definition) is 1. The topological polar surface area (TPSA) is 92.1 Å². The van der Waals surface area contributed by atoms with Gasteiger partial charge in [-0.1, -0.05) is 43.3 Å². The van der Waals surface area contributed by atoms with Crippen LogP contribution in [-0.2, 0) is 17.9 Å². The number of para-hydroxylation sites is 3. The average Bonchev–Trinajstić information content (AvgIpc) is 2.95. The summed E-state index contributed by atoms with van der Waals surface area (Å²) in [6, 6.07) is 19.2. The van der Waals surface area contributed by atoms with Crippen LogP contribution in [0.2, 0.25) is 0 Å². The van der Waals surface area contributed by atoms with Gasteiger partial charge in [0.2, 0.25) is 5.91 Å². The zero-order chi connectivity index (χ0) is 27.8. The summed E-state index contributed by atoms with van der Waals surface area (Å²) in [7, 11) is 1.51. The number of fused-ring (bicyclic) bond motifs is 1. The number of carbonyl (C=O) groups excluding carboxylic acids is 2. The fourth-order valence-corrected chi connectivity index (χ4v) is 4.20. The highest BCUT2D eigenvalue weighted by molar-refractivity contribution is 5.93. The summed E-state index contributed by atoms with van der Waals surface area (Å²) in [6.45, 7) is 2.07. The van der Waals surface area contributed by atoms with Crippen molar-refractivity contribution in [3.8, 4) is 5.75 Å². The first kappa shape index (κ1) is 27.4. The zero-order valence-electron chi connectivity index (χ0n) is 21.9. The van der Waals surface area contributed by atoms with E-state index in [4.69, 9.17) is 9.15 Å². The van der Waals surface area contributed by atoms with Crippen molar-refractivity contribution in [3.05, 3.63) is 106 Å². The van der Waals surface area contributed by atoms with E-state index in [0.717, 1.165) is 0 Å². The van der Waals surface area contributed by atoms with E-state index in [1.165, 1.54) is 35.3 Å². The number of methoxy groups -OCH3 is 1. The molecule has 0 bridgehead atoms. The second kappa shape index (κ2) is 12.7. The van der Waals surface area contributed by atoms with E-state index in [9.17, 15) is 18.8 Å². The van der Waals surface area contributed by atoms with Crippen LogP contribution in [0.3, 0.4) is 0 Å². The molecule has 4 aromatic rings. The second-order valence-corrected chi connectivity index (χ2v) is 9.01. The van der Waals surface area contributed by atoms with Gasteiger partial charge >= 0.3 is 6.03 Å². The van der Waals surface area contributed by atoms with E-state index >= 15 is 0 Å². The summed E-state index contributed by atoms with van der Waals surface area (Å²) in [5, 5.41) is 3.22. The van der Waals surface area contributed by atoms with Crippen molar-refractivity contribution in [1.29, 1.82) is 0 Å². The van der Waals surface area contributed by atoms with E-state index in [2.05, 4.69) is 5.32 Å². The van der Waals surface area contributed by atoms with Gasteiger partial charge in [0, 0.05) is 13.1 Å². The van der Waals surface area contributed by atoms with Gasteiger partial charge in [-0.15, -0.1) is 0 Å². The molecule has 0 radical (unpaired) electrons. The fraction of sp³-hybridized carbons (Fsp3) is 0.233. The Hall–Kier alpha value is -4.66. The van der Waals surface area contributed by atoms with Crippen LogP contribution in [0, 0.1) is 5.82 Å². The normalized spacial score (nSPS) is 10.7. The third-order valence-electron chi connectivity index (χ3n) is 6.21. The quantitative estimate of drug-likeness (QED) is 0.295. The van der Waals surface area contributed by atoms with E-state index < -0.39 is 11.8 Å². The smallest absolute Gasteiger partial charge is 0.322 e. The summed E-state index contributed by atoms with van der Waals surface area (Å²) in [4.78, 5) is 42.8. The number of nitrogens with one attached hydrogen (secondary N) is 1. The van der Waals surface area contributed by atoms with E-state index in [1.54, 1.807) is 60.7 Å². The molecule has 0 unspecified atom stereocenters. The van der Waals surface area contributed by atoms with Gasteiger partial charge in [0.25, 0.3) is 0 Å². The number of rotatable bonds is 10. The standard InChI is InChI=1S/C30H30FN3O5/c1-3-16-33(30(37)32-25-9-5-7-11-27(25)38-2)19-28(35)34(17-21-12-14-23(31)15-13-21)18-22-20-39-26-10-6-4-8-24(26)29(22)36/h4-15,20H,3,16-19H2,1-2H3,(H,32,37). The van der Waals surface area contributed by atoms with Crippen LogP contribution in [0.15, 0.2) is 88.3 Å². The molecular formula is C30H30FN3O5. The first-order valence-electron chi connectivity index (χ1n) is 12.6. The molecule has 0 saturated heterocycles. The van der Waals surface area contributed by atoms with Crippen molar-refractivity contribution >= 4 is 28.6 Å². The van der Waals surface area contributed by atoms with E-state index in [-0.39, 0.29) is 31.0 Å². The Kier molecular flexibility index (Phi) is 8.94. The first-order valence-corrected chi connectivity index (χ1v) is 12.6. The van der Waals surface area contributed by atoms with Crippen LogP contribution in [0.4, 0.5) is 14.9 Å². The molecule has 1 aromatic heterocycles. The molecule has 0 aliphatic heterocycles. The highest BCUT2D eigenvalue weighted by Crippen LogP contribution is 2.23. The molecule has 202 valence electrons. The molecule has 0 spiro atoms. The Labute approximate surface area is 225 Å². The van der Waals surface area contributed by atoms with Gasteiger partial charge in [-0.05, 0) is 48.4 Å². The van der Waals surface area contributed by atoms with Gasteiger partial charge in [0.05, 0.1) is 36.6 Å². The maximum Gasteiger partial charge on any atom is 0.322 e. The molecule has 39 heavy (non-hydrogen) atoms. The fourth-order valence-electron chi connectivity index (χ4n) is 4.20. The summed E-state index contributed by atoms with van der Waals surface area (Å²) in [5.74, 6) is -0.279. The Morgan fingerprint density at radius 2 is 1.67 bits per heavy atom. The van der Waals surface area contributed by atoms with Crippen LogP contribution < -0.4 is 15.5 Å². The number of anilines is 1. The molecule has 8 nitrogen and oxygen atoms in total. The molecule has 4 rings (SSSR count). The number of carbonyl (C=O) groups is 2. The van der Waals surface area contributed by atoms with Crippen LogP contribution in [-0.4, -0.2) is 41.9 Å². The maximum atomic E-state index is 13.6. The minimum absolute atomic E-state index is 0.0442. The molecule has 3 aromatic carbocycles. The highest BCUT2D eigenvalue weighted by atomic mass is 19.1. The largest absolute Gasteiger partial charge is 0.495 e. The summed E-state index contributed by atoms with van der Waals surface area (Å²) in [5.41, 5.74) is 1.66. The number of nitrogens with zero attached hydrogens (tertiary/aromatic N) is 2. The van der Waals surface area contributed by atoms with Crippen molar-refractivity contribution in [1.82, 2.24) is 9.80 Å². The molecule has 1 heterocycles. The van der Waals surface area contributed by atoms with Crippen molar-refractivity contribution in [2.24, 2.45) is 0 Å². The number of hydrogen-bond acceptors (Lipinski definition) is 5. The first-order chi connectivity index (χ1) is 18.9. The van der Waals surface area contributed by atoms with Crippen LogP contribution in [0.5, 0.6) is 5.75 Å². The molecule has 3 amide bonds. The number of ether oxygens (including phenoxy) is 1. The van der Waals surface area contributed by atoms with Gasteiger partial charge < -0.3 is 24.3 Å². The van der Waals surface area contributed by atoms with Crippen LogP contribution in [0.1, 0.15) is 24.5 Å². The lowest BCUT2D eigenvalue weighted by Gasteiger charge is -2.28. The number of halogens is 1. The van der Waals surface area contributed by atoms with Crippen LogP contribution >= 0.6 is 0 Å². The molecule has 0 fully saturated rings. The predicted molar refractivity (Wildman–Crippen MR) is 147 cm³/mol. The van der Waals surface area contributed by atoms with Crippen molar-refractivity contribution in [3.63, 3.8) is 0 Å². The Balaban J connectivity index is 1.59. The monoisotopic (exact) mass is 531 g/mol. The van der Waals surface area contributed by atoms with Crippen molar-refractivity contribution in [2.45, 2.75) is 26.4 Å². The average molecular weight is 532 g/mol. The van der Waals surface area contributed by atoms with Gasteiger partial charge in [-0.2, -0.15) is 0 Å². The third kappa shape index (κ3) is 6.81. The minimum Gasteiger partial charge on any atom is -0.495 e. The molecule has 1 N–H and O–H groups in total.